The van der Waals surface area contributed by atoms with E-state index in [0.717, 1.165) is 23.5 Å². The first-order chi connectivity index (χ1) is 12.0. The molecule has 0 aromatic heterocycles. The number of carboxylic acids is 1. The molecule has 0 aliphatic carbocycles. The third kappa shape index (κ3) is 6.55. The number of hydrogen-bond acceptors (Lipinski definition) is 4. The Bertz CT molecular complexity index is 696. The van der Waals surface area contributed by atoms with E-state index < -0.39 is 5.97 Å². The van der Waals surface area contributed by atoms with Crippen molar-refractivity contribution in [3.63, 3.8) is 0 Å². The summed E-state index contributed by atoms with van der Waals surface area (Å²) in [6.07, 6.45) is 1.38. The second-order valence-electron chi connectivity index (χ2n) is 5.53. The van der Waals surface area contributed by atoms with Gasteiger partial charge in [-0.3, -0.25) is 10.2 Å². The third-order valence-corrected chi connectivity index (χ3v) is 3.54. The lowest BCUT2D eigenvalue weighted by Crippen LogP contribution is -2.10. The van der Waals surface area contributed by atoms with Gasteiger partial charge in [0.1, 0.15) is 17.3 Å². The molecule has 2 rings (SSSR count). The maximum Gasteiger partial charge on any atom is 0.303 e. The number of carboxylic acid groups (broad SMARTS) is 1. The van der Waals surface area contributed by atoms with E-state index in [1.165, 1.54) is 0 Å². The topological polar surface area (TPSA) is 106 Å². The van der Waals surface area contributed by atoms with Gasteiger partial charge in [0.05, 0.1) is 13.2 Å². The lowest BCUT2D eigenvalue weighted by molar-refractivity contribution is -0.136. The van der Waals surface area contributed by atoms with Gasteiger partial charge in [-0.05, 0) is 48.4 Å². The van der Waals surface area contributed by atoms with E-state index in [-0.39, 0.29) is 12.3 Å². The Hall–Kier alpha value is -3.02. The first kappa shape index (κ1) is 18.3. The van der Waals surface area contributed by atoms with Crippen LogP contribution in [0.25, 0.3) is 0 Å². The van der Waals surface area contributed by atoms with Gasteiger partial charge in [0.2, 0.25) is 0 Å². The second kappa shape index (κ2) is 9.32. The largest absolute Gasteiger partial charge is 0.493 e. The standard InChI is InChI=1S/C19H22N2O4/c20-19(21)15-5-9-17(10-6-15)25-13-1-12-24-16-7-2-14(3-8-16)4-11-18(22)23/h2-3,5-10H,1,4,11-13H2,(H3,20,21)(H,22,23). The van der Waals surface area contributed by atoms with Crippen LogP contribution in [-0.2, 0) is 11.2 Å². The van der Waals surface area contributed by atoms with Gasteiger partial charge in [-0.25, -0.2) is 0 Å². The van der Waals surface area contributed by atoms with Crippen molar-refractivity contribution >= 4 is 11.8 Å². The highest BCUT2D eigenvalue weighted by Crippen LogP contribution is 2.14. The molecule has 2 aromatic rings. The number of aliphatic carboxylic acids is 1. The molecule has 0 aliphatic heterocycles. The lowest BCUT2D eigenvalue weighted by atomic mass is 10.1. The van der Waals surface area contributed by atoms with E-state index in [9.17, 15) is 4.79 Å². The Morgan fingerprint density at radius 1 is 0.960 bits per heavy atom. The number of nitrogens with two attached hydrogens (primary N) is 1. The number of nitrogen functional groups attached to an aromatic ring is 1. The van der Waals surface area contributed by atoms with Crippen molar-refractivity contribution in [2.75, 3.05) is 13.2 Å². The average Bonchev–Trinajstić information content (AvgIpc) is 2.61. The third-order valence-electron chi connectivity index (χ3n) is 3.54. The molecule has 0 aliphatic rings. The van der Waals surface area contributed by atoms with Crippen LogP contribution < -0.4 is 15.2 Å². The number of ether oxygens (including phenoxy) is 2. The predicted molar refractivity (Wildman–Crippen MR) is 95.5 cm³/mol. The minimum Gasteiger partial charge on any atom is -0.493 e. The summed E-state index contributed by atoms with van der Waals surface area (Å²) in [6, 6.07) is 14.5. The van der Waals surface area contributed by atoms with Gasteiger partial charge < -0.3 is 20.3 Å². The summed E-state index contributed by atoms with van der Waals surface area (Å²) in [5, 5.41) is 16.0. The SMILES string of the molecule is N=C(N)c1ccc(OCCCOc2ccc(CCC(=O)O)cc2)cc1. The summed E-state index contributed by atoms with van der Waals surface area (Å²) in [5.74, 6) is 0.725. The fourth-order valence-electron chi connectivity index (χ4n) is 2.17. The average molecular weight is 342 g/mol. The Balaban J connectivity index is 1.65. The van der Waals surface area contributed by atoms with Crippen molar-refractivity contribution in [3.8, 4) is 11.5 Å². The van der Waals surface area contributed by atoms with Crippen LogP contribution in [0.1, 0.15) is 24.0 Å². The Labute approximate surface area is 146 Å². The predicted octanol–water partition coefficient (Wildman–Crippen LogP) is 2.84. The molecule has 0 unspecified atom stereocenters. The molecular weight excluding hydrogens is 320 g/mol. The molecule has 0 fully saturated rings. The molecule has 0 bridgehead atoms. The monoisotopic (exact) mass is 342 g/mol. The molecule has 6 heteroatoms. The van der Waals surface area contributed by atoms with Crippen molar-refractivity contribution in [2.45, 2.75) is 19.3 Å². The number of rotatable bonds is 10. The van der Waals surface area contributed by atoms with Gasteiger partial charge >= 0.3 is 5.97 Å². The molecule has 132 valence electrons. The summed E-state index contributed by atoms with van der Waals surface area (Å²) >= 11 is 0. The minimum atomic E-state index is -0.795. The summed E-state index contributed by atoms with van der Waals surface area (Å²) in [4.78, 5) is 10.5. The van der Waals surface area contributed by atoms with Crippen LogP contribution in [-0.4, -0.2) is 30.1 Å². The van der Waals surface area contributed by atoms with Crippen molar-refractivity contribution in [2.24, 2.45) is 5.73 Å². The van der Waals surface area contributed by atoms with Gasteiger partial charge in [0.25, 0.3) is 0 Å². The molecule has 6 nitrogen and oxygen atoms in total. The number of aryl methyl sites for hydroxylation is 1. The quantitative estimate of drug-likeness (QED) is 0.350. The van der Waals surface area contributed by atoms with Crippen LogP contribution in [0.15, 0.2) is 48.5 Å². The zero-order chi connectivity index (χ0) is 18.1. The smallest absolute Gasteiger partial charge is 0.303 e. The van der Waals surface area contributed by atoms with Crippen LogP contribution in [0.2, 0.25) is 0 Å². The number of amidine groups is 1. The maximum atomic E-state index is 10.5. The molecule has 0 radical (unpaired) electrons. The van der Waals surface area contributed by atoms with E-state index in [1.54, 1.807) is 24.3 Å². The molecule has 0 amide bonds. The van der Waals surface area contributed by atoms with Gasteiger partial charge in [-0.15, -0.1) is 0 Å². The highest BCUT2D eigenvalue weighted by Gasteiger charge is 2.01. The van der Waals surface area contributed by atoms with Crippen molar-refractivity contribution in [3.05, 3.63) is 59.7 Å². The van der Waals surface area contributed by atoms with E-state index in [2.05, 4.69) is 0 Å². The van der Waals surface area contributed by atoms with Gasteiger partial charge in [0, 0.05) is 18.4 Å². The molecule has 2 aromatic carbocycles. The minimum absolute atomic E-state index is 0.0360. The van der Waals surface area contributed by atoms with Gasteiger partial charge in [-0.2, -0.15) is 0 Å². The zero-order valence-electron chi connectivity index (χ0n) is 13.9. The van der Waals surface area contributed by atoms with Crippen LogP contribution in [0.3, 0.4) is 0 Å². The van der Waals surface area contributed by atoms with Crippen molar-refractivity contribution in [1.82, 2.24) is 0 Å². The zero-order valence-corrected chi connectivity index (χ0v) is 13.9. The molecule has 0 spiro atoms. The second-order valence-corrected chi connectivity index (χ2v) is 5.53. The van der Waals surface area contributed by atoms with Crippen LogP contribution in [0.4, 0.5) is 0 Å². The number of hydrogen-bond donors (Lipinski definition) is 3. The number of carbonyl (C=O) groups is 1. The fraction of sp³-hybridized carbons (Fsp3) is 0.263. The van der Waals surface area contributed by atoms with Gasteiger partial charge in [0.15, 0.2) is 0 Å². The Kier molecular flexibility index (Phi) is 6.83. The molecule has 0 heterocycles. The normalized spacial score (nSPS) is 10.2. The molecule has 25 heavy (non-hydrogen) atoms. The molecule has 0 saturated carbocycles. The molecule has 4 N–H and O–H groups in total. The lowest BCUT2D eigenvalue weighted by Gasteiger charge is -2.09. The van der Waals surface area contributed by atoms with Crippen LogP contribution in [0, 0.1) is 5.41 Å². The van der Waals surface area contributed by atoms with E-state index in [4.69, 9.17) is 25.7 Å². The number of nitrogens with one attached hydrogen (secondary N) is 1. The highest BCUT2D eigenvalue weighted by atomic mass is 16.5. The van der Waals surface area contributed by atoms with E-state index in [1.807, 2.05) is 24.3 Å². The first-order valence-electron chi connectivity index (χ1n) is 8.05. The molecule has 0 saturated heterocycles. The Morgan fingerprint density at radius 3 is 1.96 bits per heavy atom. The van der Waals surface area contributed by atoms with E-state index >= 15 is 0 Å². The van der Waals surface area contributed by atoms with Gasteiger partial charge in [-0.1, -0.05) is 12.1 Å². The summed E-state index contributed by atoms with van der Waals surface area (Å²) < 4.78 is 11.2. The van der Waals surface area contributed by atoms with Crippen LogP contribution >= 0.6 is 0 Å². The maximum absolute atomic E-state index is 10.5. The van der Waals surface area contributed by atoms with Crippen molar-refractivity contribution in [1.29, 1.82) is 5.41 Å². The number of benzene rings is 2. The van der Waals surface area contributed by atoms with Crippen molar-refractivity contribution < 1.29 is 19.4 Å². The summed E-state index contributed by atoms with van der Waals surface area (Å²) in [5.41, 5.74) is 7.05. The Morgan fingerprint density at radius 2 is 1.48 bits per heavy atom. The highest BCUT2D eigenvalue weighted by molar-refractivity contribution is 5.94. The fourth-order valence-corrected chi connectivity index (χ4v) is 2.17. The first-order valence-corrected chi connectivity index (χ1v) is 8.05. The van der Waals surface area contributed by atoms with E-state index in [0.29, 0.717) is 25.2 Å². The summed E-state index contributed by atoms with van der Waals surface area (Å²) in [7, 11) is 0. The molecule has 0 atom stereocenters. The summed E-state index contributed by atoms with van der Waals surface area (Å²) in [6.45, 7) is 1.05. The molecular formula is C19H22N2O4. The van der Waals surface area contributed by atoms with Crippen LogP contribution in [0.5, 0.6) is 11.5 Å².